The van der Waals surface area contributed by atoms with E-state index in [1.807, 2.05) is 52.7 Å². The number of benzene rings is 1. The van der Waals surface area contributed by atoms with E-state index in [4.69, 9.17) is 11.6 Å². The van der Waals surface area contributed by atoms with Crippen LogP contribution in [-0.4, -0.2) is 40.4 Å². The van der Waals surface area contributed by atoms with Gasteiger partial charge in [0.15, 0.2) is 0 Å². The number of carbonyl (C=O) groups is 1. The van der Waals surface area contributed by atoms with Gasteiger partial charge in [0.05, 0.1) is 23.9 Å². The molecular weight excluding hydrogens is 451 g/mol. The van der Waals surface area contributed by atoms with Crippen LogP contribution in [0.2, 0.25) is 5.02 Å². The highest BCUT2D eigenvalue weighted by molar-refractivity contribution is 7.13. The molecule has 0 aliphatic carbocycles. The molecule has 9 heteroatoms. The van der Waals surface area contributed by atoms with Crippen molar-refractivity contribution in [1.29, 1.82) is 0 Å². The highest BCUT2D eigenvalue weighted by atomic mass is 35.5. The van der Waals surface area contributed by atoms with Crippen LogP contribution in [0.25, 0.3) is 10.7 Å². The average molecular weight is 472 g/mol. The van der Waals surface area contributed by atoms with Gasteiger partial charge in [-0.1, -0.05) is 35.9 Å². The molecule has 5 nitrogen and oxygen atoms in total. The summed E-state index contributed by atoms with van der Waals surface area (Å²) < 4.78 is 0. The van der Waals surface area contributed by atoms with Gasteiger partial charge in [0.25, 0.3) is 0 Å². The summed E-state index contributed by atoms with van der Waals surface area (Å²) in [6.07, 6.45) is 2.03. The summed E-state index contributed by atoms with van der Waals surface area (Å²) >= 11 is 7.89. The molecule has 0 bridgehead atoms. The van der Waals surface area contributed by atoms with Crippen molar-refractivity contribution in [3.8, 4) is 10.7 Å². The predicted molar refractivity (Wildman–Crippen MR) is 122 cm³/mol. The zero-order chi connectivity index (χ0) is 18.6. The molecule has 1 fully saturated rings. The second-order valence-corrected chi connectivity index (χ2v) is 7.63. The maximum atomic E-state index is 13.0. The number of carbonyl (C=O) groups excluding carboxylic acids is 1. The molecule has 1 unspecified atom stereocenters. The second-order valence-electron chi connectivity index (χ2n) is 6.36. The lowest BCUT2D eigenvalue weighted by atomic mass is 10.0. The Kier molecular flexibility index (Phi) is 8.86. The lowest BCUT2D eigenvalue weighted by Crippen LogP contribution is -2.49. The van der Waals surface area contributed by atoms with E-state index in [-0.39, 0.29) is 43.2 Å². The highest BCUT2D eigenvalue weighted by Gasteiger charge is 2.29. The Bertz CT molecular complexity index is 938. The molecular formula is C20H21Cl3N4OS. The van der Waals surface area contributed by atoms with Crippen LogP contribution in [0.1, 0.15) is 17.3 Å². The molecule has 3 aromatic rings. The fraction of sp³-hybridized carbons (Fsp3) is 0.250. The molecule has 1 aromatic carbocycles. The molecule has 1 saturated heterocycles. The lowest BCUT2D eigenvalue weighted by molar-refractivity contribution is -0.133. The molecule has 2 aromatic heterocycles. The van der Waals surface area contributed by atoms with Crippen LogP contribution in [0.3, 0.4) is 0 Å². The van der Waals surface area contributed by atoms with E-state index in [1.165, 1.54) is 11.3 Å². The Morgan fingerprint density at radius 3 is 2.76 bits per heavy atom. The summed E-state index contributed by atoms with van der Waals surface area (Å²) in [7, 11) is 0. The minimum Gasteiger partial charge on any atom is -0.333 e. The average Bonchev–Trinajstić information content (AvgIpc) is 3.17. The number of piperazine rings is 1. The molecule has 1 N–H and O–H groups in total. The van der Waals surface area contributed by atoms with Gasteiger partial charge in [-0.3, -0.25) is 9.78 Å². The first-order chi connectivity index (χ1) is 13.2. The Morgan fingerprint density at radius 2 is 2.00 bits per heavy atom. The SMILES string of the molecule is Cl.Cl.O=C(Cc1csc(-c2ccccn2)n1)N1CCNCC1c1ccccc1Cl. The van der Waals surface area contributed by atoms with Crippen molar-refractivity contribution in [3.05, 3.63) is 70.3 Å². The summed E-state index contributed by atoms with van der Waals surface area (Å²) in [6.45, 7) is 2.14. The molecule has 4 rings (SSSR count). The number of hydrogen-bond donors (Lipinski definition) is 1. The number of hydrogen-bond acceptors (Lipinski definition) is 5. The summed E-state index contributed by atoms with van der Waals surface area (Å²) in [5.74, 6) is 0.0688. The standard InChI is InChI=1S/C20H19ClN4OS.2ClH/c21-16-6-2-1-5-15(16)18-12-22-9-10-25(18)19(26)11-14-13-27-20(24-14)17-7-3-4-8-23-17;;/h1-8,13,18,22H,9-12H2;2*1H. The third-order valence-electron chi connectivity index (χ3n) is 4.60. The largest absolute Gasteiger partial charge is 0.333 e. The summed E-state index contributed by atoms with van der Waals surface area (Å²) in [4.78, 5) is 23.8. The number of halogens is 3. The third kappa shape index (κ3) is 5.47. The van der Waals surface area contributed by atoms with Crippen molar-refractivity contribution >= 4 is 53.7 Å². The molecule has 1 amide bonds. The van der Waals surface area contributed by atoms with Gasteiger partial charge in [0, 0.05) is 36.2 Å². The van der Waals surface area contributed by atoms with Gasteiger partial charge in [-0.05, 0) is 23.8 Å². The second kappa shape index (κ2) is 10.9. The molecule has 1 atom stereocenters. The first-order valence-electron chi connectivity index (χ1n) is 8.83. The minimum atomic E-state index is -0.0613. The summed E-state index contributed by atoms with van der Waals surface area (Å²) in [5.41, 5.74) is 2.59. The van der Waals surface area contributed by atoms with Gasteiger partial charge in [-0.15, -0.1) is 36.2 Å². The monoisotopic (exact) mass is 470 g/mol. The topological polar surface area (TPSA) is 58.1 Å². The number of thiazole rings is 1. The predicted octanol–water partition coefficient (Wildman–Crippen LogP) is 4.42. The zero-order valence-electron chi connectivity index (χ0n) is 15.5. The van der Waals surface area contributed by atoms with Crippen molar-refractivity contribution in [1.82, 2.24) is 20.2 Å². The molecule has 154 valence electrons. The van der Waals surface area contributed by atoms with Gasteiger partial charge < -0.3 is 10.2 Å². The third-order valence-corrected chi connectivity index (χ3v) is 5.85. The molecule has 0 radical (unpaired) electrons. The number of nitrogens with one attached hydrogen (secondary N) is 1. The van der Waals surface area contributed by atoms with Crippen LogP contribution in [-0.2, 0) is 11.2 Å². The molecule has 29 heavy (non-hydrogen) atoms. The normalized spacial score (nSPS) is 15.9. The van der Waals surface area contributed by atoms with E-state index in [0.29, 0.717) is 18.1 Å². The first kappa shape index (κ1) is 23.6. The highest BCUT2D eigenvalue weighted by Crippen LogP contribution is 2.29. The minimum absolute atomic E-state index is 0. The fourth-order valence-electron chi connectivity index (χ4n) is 3.28. The van der Waals surface area contributed by atoms with E-state index in [1.54, 1.807) is 6.20 Å². The van der Waals surface area contributed by atoms with Gasteiger partial charge in [0.2, 0.25) is 5.91 Å². The van der Waals surface area contributed by atoms with E-state index in [2.05, 4.69) is 15.3 Å². The van der Waals surface area contributed by atoms with Crippen LogP contribution in [0, 0.1) is 0 Å². The van der Waals surface area contributed by atoms with Crippen molar-refractivity contribution in [2.45, 2.75) is 12.5 Å². The molecule has 0 spiro atoms. The van der Waals surface area contributed by atoms with Crippen LogP contribution in [0.4, 0.5) is 0 Å². The van der Waals surface area contributed by atoms with Gasteiger partial charge in [0.1, 0.15) is 5.01 Å². The van der Waals surface area contributed by atoms with Gasteiger partial charge in [-0.25, -0.2) is 4.98 Å². The van der Waals surface area contributed by atoms with Crippen molar-refractivity contribution in [2.75, 3.05) is 19.6 Å². The molecule has 0 saturated carbocycles. The van der Waals surface area contributed by atoms with Gasteiger partial charge >= 0.3 is 0 Å². The van der Waals surface area contributed by atoms with Crippen LogP contribution in [0.15, 0.2) is 54.0 Å². The van der Waals surface area contributed by atoms with Crippen molar-refractivity contribution in [2.24, 2.45) is 0 Å². The smallest absolute Gasteiger partial charge is 0.229 e. The van der Waals surface area contributed by atoms with Crippen LogP contribution >= 0.6 is 47.8 Å². The van der Waals surface area contributed by atoms with Crippen LogP contribution < -0.4 is 5.32 Å². The van der Waals surface area contributed by atoms with E-state index >= 15 is 0 Å². The maximum Gasteiger partial charge on any atom is 0.229 e. The van der Waals surface area contributed by atoms with E-state index in [0.717, 1.165) is 28.5 Å². The maximum absolute atomic E-state index is 13.0. The number of aromatic nitrogens is 2. The Balaban J connectivity index is 0.00000150. The van der Waals surface area contributed by atoms with Crippen molar-refractivity contribution in [3.63, 3.8) is 0 Å². The summed E-state index contributed by atoms with van der Waals surface area (Å²) in [6, 6.07) is 13.4. The number of pyridine rings is 1. The quantitative estimate of drug-likeness (QED) is 0.612. The molecule has 3 heterocycles. The van der Waals surface area contributed by atoms with Crippen LogP contribution in [0.5, 0.6) is 0 Å². The number of rotatable bonds is 4. The van der Waals surface area contributed by atoms with E-state index in [9.17, 15) is 4.79 Å². The number of amides is 1. The molecule has 1 aliphatic rings. The lowest BCUT2D eigenvalue weighted by Gasteiger charge is -2.37. The molecule has 1 aliphatic heterocycles. The first-order valence-corrected chi connectivity index (χ1v) is 10.1. The Labute approximate surface area is 191 Å². The van der Waals surface area contributed by atoms with E-state index < -0.39 is 0 Å². The number of nitrogens with zero attached hydrogens (tertiary/aromatic N) is 3. The zero-order valence-corrected chi connectivity index (χ0v) is 18.7. The Morgan fingerprint density at radius 1 is 1.21 bits per heavy atom. The summed E-state index contributed by atoms with van der Waals surface area (Å²) in [5, 5.41) is 6.82. The van der Waals surface area contributed by atoms with Gasteiger partial charge in [-0.2, -0.15) is 0 Å². The van der Waals surface area contributed by atoms with Crippen molar-refractivity contribution < 1.29 is 4.79 Å². The fourth-order valence-corrected chi connectivity index (χ4v) is 4.33. The Hall–Kier alpha value is -1.70.